The van der Waals surface area contributed by atoms with Crippen LogP contribution in [-0.4, -0.2) is 24.4 Å². The number of phenolic OH excluding ortho intramolecular Hbond substituents is 1. The summed E-state index contributed by atoms with van der Waals surface area (Å²) in [5.74, 6) is 0.347. The SMILES string of the molecule is COC(C)(C)CNC(C)c1ccc(C)cc1O. The Bertz CT molecular complexity index is 374. The van der Waals surface area contributed by atoms with Crippen molar-refractivity contribution in [3.05, 3.63) is 29.3 Å². The van der Waals surface area contributed by atoms with E-state index in [1.54, 1.807) is 13.2 Å². The second-order valence-electron chi connectivity index (χ2n) is 5.13. The fourth-order valence-electron chi connectivity index (χ4n) is 1.60. The van der Waals surface area contributed by atoms with Gasteiger partial charge >= 0.3 is 0 Å². The summed E-state index contributed by atoms with van der Waals surface area (Å²) in [5, 5.41) is 13.2. The summed E-state index contributed by atoms with van der Waals surface area (Å²) < 4.78 is 5.35. The lowest BCUT2D eigenvalue weighted by Gasteiger charge is -2.26. The first-order chi connectivity index (χ1) is 7.85. The molecule has 0 saturated carbocycles. The third-order valence-corrected chi connectivity index (χ3v) is 3.04. The van der Waals surface area contributed by atoms with Crippen molar-refractivity contribution in [1.29, 1.82) is 0 Å². The van der Waals surface area contributed by atoms with Gasteiger partial charge in [-0.05, 0) is 39.3 Å². The van der Waals surface area contributed by atoms with Gasteiger partial charge in [-0.1, -0.05) is 12.1 Å². The highest BCUT2D eigenvalue weighted by molar-refractivity contribution is 5.37. The van der Waals surface area contributed by atoms with Gasteiger partial charge in [-0.15, -0.1) is 0 Å². The van der Waals surface area contributed by atoms with Crippen LogP contribution in [-0.2, 0) is 4.74 Å². The van der Waals surface area contributed by atoms with Gasteiger partial charge in [0.15, 0.2) is 0 Å². The van der Waals surface area contributed by atoms with Crippen LogP contribution < -0.4 is 5.32 Å². The molecule has 3 nitrogen and oxygen atoms in total. The Hall–Kier alpha value is -1.06. The van der Waals surface area contributed by atoms with Crippen LogP contribution in [0.15, 0.2) is 18.2 Å². The van der Waals surface area contributed by atoms with Crippen LogP contribution >= 0.6 is 0 Å². The molecule has 0 spiro atoms. The molecule has 1 aromatic rings. The van der Waals surface area contributed by atoms with E-state index in [0.717, 1.165) is 17.7 Å². The molecular formula is C14H23NO2. The summed E-state index contributed by atoms with van der Waals surface area (Å²) in [5.41, 5.74) is 1.78. The molecule has 96 valence electrons. The van der Waals surface area contributed by atoms with Gasteiger partial charge in [-0.2, -0.15) is 0 Å². The summed E-state index contributed by atoms with van der Waals surface area (Å²) in [6, 6.07) is 5.86. The lowest BCUT2D eigenvalue weighted by molar-refractivity contribution is 0.0214. The minimum atomic E-state index is -0.200. The van der Waals surface area contributed by atoms with Crippen LogP contribution in [0.25, 0.3) is 0 Å². The smallest absolute Gasteiger partial charge is 0.120 e. The zero-order chi connectivity index (χ0) is 13.1. The van der Waals surface area contributed by atoms with Crippen LogP contribution in [0, 0.1) is 6.92 Å². The topological polar surface area (TPSA) is 41.5 Å². The number of nitrogens with one attached hydrogen (secondary N) is 1. The molecule has 0 amide bonds. The summed E-state index contributed by atoms with van der Waals surface area (Å²) in [7, 11) is 1.70. The Morgan fingerprint density at radius 3 is 2.59 bits per heavy atom. The van der Waals surface area contributed by atoms with Crippen LogP contribution in [0.2, 0.25) is 0 Å². The molecule has 0 aliphatic heterocycles. The highest BCUT2D eigenvalue weighted by Crippen LogP contribution is 2.25. The van der Waals surface area contributed by atoms with Gasteiger partial charge < -0.3 is 15.2 Å². The molecule has 0 heterocycles. The molecule has 17 heavy (non-hydrogen) atoms. The van der Waals surface area contributed by atoms with Gasteiger partial charge in [0.05, 0.1) is 5.60 Å². The maximum atomic E-state index is 9.88. The van der Waals surface area contributed by atoms with E-state index >= 15 is 0 Å². The normalized spacial score (nSPS) is 13.7. The van der Waals surface area contributed by atoms with E-state index in [4.69, 9.17) is 4.74 Å². The Morgan fingerprint density at radius 2 is 2.06 bits per heavy atom. The molecule has 0 aliphatic rings. The van der Waals surface area contributed by atoms with Crippen molar-refractivity contribution in [3.63, 3.8) is 0 Å². The van der Waals surface area contributed by atoms with Crippen LogP contribution in [0.1, 0.15) is 37.9 Å². The van der Waals surface area contributed by atoms with Crippen molar-refractivity contribution in [1.82, 2.24) is 5.32 Å². The number of hydrogen-bond acceptors (Lipinski definition) is 3. The van der Waals surface area contributed by atoms with Gasteiger partial charge in [-0.25, -0.2) is 0 Å². The van der Waals surface area contributed by atoms with Crippen molar-refractivity contribution < 1.29 is 9.84 Å². The number of aromatic hydroxyl groups is 1. The quantitative estimate of drug-likeness (QED) is 0.827. The molecule has 1 unspecified atom stereocenters. The molecule has 1 aromatic carbocycles. The summed E-state index contributed by atoms with van der Waals surface area (Å²) >= 11 is 0. The third kappa shape index (κ3) is 4.02. The number of phenols is 1. The molecule has 1 atom stereocenters. The zero-order valence-corrected chi connectivity index (χ0v) is 11.4. The number of benzene rings is 1. The van der Waals surface area contributed by atoms with Crippen molar-refractivity contribution >= 4 is 0 Å². The Balaban J connectivity index is 2.67. The summed E-state index contributed by atoms with van der Waals surface area (Å²) in [6.45, 7) is 8.80. The van der Waals surface area contributed by atoms with Gasteiger partial charge in [0, 0.05) is 25.3 Å². The van der Waals surface area contributed by atoms with E-state index in [-0.39, 0.29) is 11.6 Å². The Kier molecular flexibility index (Phi) is 4.54. The van der Waals surface area contributed by atoms with Gasteiger partial charge in [0.25, 0.3) is 0 Å². The molecule has 0 radical (unpaired) electrons. The number of hydrogen-bond donors (Lipinski definition) is 2. The van der Waals surface area contributed by atoms with Gasteiger partial charge in [0.1, 0.15) is 5.75 Å². The average Bonchev–Trinajstić information content (AvgIpc) is 2.26. The molecule has 0 aliphatic carbocycles. The number of ether oxygens (including phenoxy) is 1. The first-order valence-corrected chi connectivity index (χ1v) is 5.94. The maximum Gasteiger partial charge on any atom is 0.120 e. The van der Waals surface area contributed by atoms with Crippen molar-refractivity contribution in [2.24, 2.45) is 0 Å². The van der Waals surface area contributed by atoms with Gasteiger partial charge in [0.2, 0.25) is 0 Å². The van der Waals surface area contributed by atoms with Gasteiger partial charge in [-0.3, -0.25) is 0 Å². The Labute approximate surface area is 104 Å². The highest BCUT2D eigenvalue weighted by atomic mass is 16.5. The third-order valence-electron chi connectivity index (χ3n) is 3.04. The minimum absolute atomic E-state index is 0.102. The molecule has 0 saturated heterocycles. The first kappa shape index (κ1) is 14.0. The average molecular weight is 237 g/mol. The van der Waals surface area contributed by atoms with Crippen LogP contribution in [0.3, 0.4) is 0 Å². The lowest BCUT2D eigenvalue weighted by Crippen LogP contribution is -2.37. The van der Waals surface area contributed by atoms with E-state index in [9.17, 15) is 5.11 Å². The van der Waals surface area contributed by atoms with Crippen molar-refractivity contribution in [2.45, 2.75) is 39.3 Å². The number of rotatable bonds is 5. The molecule has 0 aromatic heterocycles. The monoisotopic (exact) mass is 237 g/mol. The molecule has 2 N–H and O–H groups in total. The number of methoxy groups -OCH3 is 1. The van der Waals surface area contributed by atoms with Crippen molar-refractivity contribution in [2.75, 3.05) is 13.7 Å². The fraction of sp³-hybridized carbons (Fsp3) is 0.571. The molecule has 1 rings (SSSR count). The predicted octanol–water partition coefficient (Wildman–Crippen LogP) is 2.78. The second kappa shape index (κ2) is 5.52. The number of aryl methyl sites for hydroxylation is 1. The summed E-state index contributed by atoms with van der Waals surface area (Å²) in [6.07, 6.45) is 0. The van der Waals surface area contributed by atoms with E-state index < -0.39 is 0 Å². The van der Waals surface area contributed by atoms with Crippen molar-refractivity contribution in [3.8, 4) is 5.75 Å². The molecule has 0 fully saturated rings. The lowest BCUT2D eigenvalue weighted by atomic mass is 10.0. The Morgan fingerprint density at radius 1 is 1.41 bits per heavy atom. The maximum absolute atomic E-state index is 9.88. The van der Waals surface area contributed by atoms with E-state index in [0.29, 0.717) is 5.75 Å². The van der Waals surface area contributed by atoms with E-state index in [2.05, 4.69) is 5.32 Å². The fourth-order valence-corrected chi connectivity index (χ4v) is 1.60. The zero-order valence-electron chi connectivity index (χ0n) is 11.4. The largest absolute Gasteiger partial charge is 0.508 e. The van der Waals surface area contributed by atoms with Crippen LogP contribution in [0.4, 0.5) is 0 Å². The summed E-state index contributed by atoms with van der Waals surface area (Å²) in [4.78, 5) is 0. The standard InChI is InChI=1S/C14H23NO2/c1-10-6-7-12(13(16)8-10)11(2)15-9-14(3,4)17-5/h6-8,11,15-16H,9H2,1-5H3. The second-order valence-corrected chi connectivity index (χ2v) is 5.13. The highest BCUT2D eigenvalue weighted by Gasteiger charge is 2.18. The first-order valence-electron chi connectivity index (χ1n) is 5.94. The predicted molar refractivity (Wildman–Crippen MR) is 70.3 cm³/mol. The molecule has 3 heteroatoms. The molecule has 0 bridgehead atoms. The van der Waals surface area contributed by atoms with Crippen LogP contribution in [0.5, 0.6) is 5.75 Å². The minimum Gasteiger partial charge on any atom is -0.508 e. The van der Waals surface area contributed by atoms with E-state index in [1.165, 1.54) is 0 Å². The molecular weight excluding hydrogens is 214 g/mol. The van der Waals surface area contributed by atoms with E-state index in [1.807, 2.05) is 39.8 Å².